The van der Waals surface area contributed by atoms with Gasteiger partial charge in [-0.1, -0.05) is 18.2 Å². The SMILES string of the molecule is CC(=O)c1c([C@H]2C[C@H]3CC[C@@H](C2)N3C(N)=O)nc2c(-c3ccc(-c4ccccc4F)nc3)cnn2c1N. The number of hydrogen-bond acceptors (Lipinski definition) is 6. The number of amides is 2. The first-order chi connectivity index (χ1) is 17.8. The minimum Gasteiger partial charge on any atom is -0.383 e. The molecule has 10 heteroatoms. The molecule has 2 amide bonds. The Morgan fingerprint density at radius 1 is 1.03 bits per heavy atom. The molecular formula is C27H26FN7O2. The first-order valence-corrected chi connectivity index (χ1v) is 12.3. The number of anilines is 1. The molecule has 0 saturated carbocycles. The Balaban J connectivity index is 1.42. The van der Waals surface area contributed by atoms with Crippen molar-refractivity contribution in [2.75, 3.05) is 5.73 Å². The summed E-state index contributed by atoms with van der Waals surface area (Å²) < 4.78 is 15.7. The van der Waals surface area contributed by atoms with Crippen LogP contribution in [-0.2, 0) is 0 Å². The molecule has 1 aromatic carbocycles. The Kier molecular flexibility index (Phi) is 5.40. The molecule has 2 bridgehead atoms. The van der Waals surface area contributed by atoms with Gasteiger partial charge in [0.25, 0.3) is 0 Å². The molecule has 2 aliphatic rings. The van der Waals surface area contributed by atoms with Crippen molar-refractivity contribution < 1.29 is 14.0 Å². The van der Waals surface area contributed by atoms with Crippen molar-refractivity contribution in [1.82, 2.24) is 24.5 Å². The standard InChI is InChI=1S/C27H26FN7O2/c1-14(36)23-24(16-10-17-7-8-18(11-16)34(17)27(30)37)33-26-20(13-32-35(26)25(23)29)15-6-9-22(31-12-15)19-4-2-3-5-21(19)28/h2-6,9,12-13,16-18H,7-8,10-11,29H2,1H3,(H2,30,37)/t16-,17+,18-. The van der Waals surface area contributed by atoms with Crippen LogP contribution in [0.4, 0.5) is 15.0 Å². The third kappa shape index (κ3) is 3.71. The molecule has 188 valence electrons. The summed E-state index contributed by atoms with van der Waals surface area (Å²) in [6, 6.07) is 9.73. The molecule has 9 nitrogen and oxygen atoms in total. The largest absolute Gasteiger partial charge is 0.383 e. The molecule has 0 aliphatic carbocycles. The molecule has 0 unspecified atom stereocenters. The molecule has 3 atom stereocenters. The molecule has 2 aliphatic heterocycles. The fourth-order valence-electron chi connectivity index (χ4n) is 6.03. The van der Waals surface area contributed by atoms with E-state index in [1.54, 1.807) is 41.6 Å². The van der Waals surface area contributed by atoms with E-state index in [9.17, 15) is 14.0 Å². The lowest BCUT2D eigenvalue weighted by atomic mass is 9.85. The lowest BCUT2D eigenvalue weighted by Gasteiger charge is -2.38. The highest BCUT2D eigenvalue weighted by Crippen LogP contribution is 2.44. The van der Waals surface area contributed by atoms with Crippen molar-refractivity contribution in [2.45, 2.75) is 50.6 Å². The number of rotatable bonds is 4. The number of halogens is 1. The van der Waals surface area contributed by atoms with Crippen LogP contribution in [0.25, 0.3) is 28.0 Å². The fourth-order valence-corrected chi connectivity index (χ4v) is 6.03. The van der Waals surface area contributed by atoms with E-state index < -0.39 is 6.03 Å². The predicted molar refractivity (Wildman–Crippen MR) is 136 cm³/mol. The molecule has 6 rings (SSSR count). The molecule has 5 heterocycles. The maximum atomic E-state index is 14.2. The van der Waals surface area contributed by atoms with E-state index in [1.165, 1.54) is 17.5 Å². The third-order valence-electron chi connectivity index (χ3n) is 7.66. The highest BCUT2D eigenvalue weighted by Gasteiger charge is 2.44. The van der Waals surface area contributed by atoms with Gasteiger partial charge < -0.3 is 16.4 Å². The van der Waals surface area contributed by atoms with Gasteiger partial charge in [-0.15, -0.1) is 0 Å². The number of nitrogens with two attached hydrogens (primary N) is 2. The number of piperidine rings is 1. The van der Waals surface area contributed by atoms with Gasteiger partial charge in [0.2, 0.25) is 0 Å². The fraction of sp³-hybridized carbons (Fsp3) is 0.296. The van der Waals surface area contributed by atoms with E-state index in [4.69, 9.17) is 16.5 Å². The Morgan fingerprint density at radius 3 is 2.38 bits per heavy atom. The Morgan fingerprint density at radius 2 is 1.76 bits per heavy atom. The molecule has 2 fully saturated rings. The van der Waals surface area contributed by atoms with Gasteiger partial charge in [-0.2, -0.15) is 9.61 Å². The van der Waals surface area contributed by atoms with Crippen molar-refractivity contribution in [3.63, 3.8) is 0 Å². The van der Waals surface area contributed by atoms with E-state index >= 15 is 0 Å². The van der Waals surface area contributed by atoms with Crippen LogP contribution >= 0.6 is 0 Å². The number of nitrogen functional groups attached to an aromatic ring is 1. The van der Waals surface area contributed by atoms with Gasteiger partial charge in [-0.25, -0.2) is 14.2 Å². The number of pyridine rings is 1. The van der Waals surface area contributed by atoms with Gasteiger partial charge in [0.05, 0.1) is 23.1 Å². The van der Waals surface area contributed by atoms with Crippen molar-refractivity contribution in [3.8, 4) is 22.4 Å². The number of carbonyl (C=O) groups excluding carboxylic acids is 2. The number of fused-ring (bicyclic) bond motifs is 3. The summed E-state index contributed by atoms with van der Waals surface area (Å²) in [5, 5.41) is 4.42. The van der Waals surface area contributed by atoms with Gasteiger partial charge in [0.1, 0.15) is 11.6 Å². The second-order valence-electron chi connectivity index (χ2n) is 9.82. The predicted octanol–water partition coefficient (Wildman–Crippen LogP) is 4.17. The van der Waals surface area contributed by atoms with Crippen molar-refractivity contribution in [3.05, 3.63) is 65.9 Å². The van der Waals surface area contributed by atoms with Crippen LogP contribution in [0.2, 0.25) is 0 Å². The summed E-state index contributed by atoms with van der Waals surface area (Å²) in [5.74, 6) is -0.326. The van der Waals surface area contributed by atoms with E-state index in [1.807, 2.05) is 6.07 Å². The zero-order valence-corrected chi connectivity index (χ0v) is 20.3. The summed E-state index contributed by atoms with van der Waals surface area (Å²) in [5.41, 5.74) is 16.0. The number of hydrogen-bond donors (Lipinski definition) is 2. The smallest absolute Gasteiger partial charge is 0.315 e. The Bertz CT molecular complexity index is 1530. The maximum absolute atomic E-state index is 14.2. The summed E-state index contributed by atoms with van der Waals surface area (Å²) in [6.07, 6.45) is 6.41. The van der Waals surface area contributed by atoms with Crippen LogP contribution < -0.4 is 11.5 Å². The zero-order chi connectivity index (χ0) is 25.8. The topological polar surface area (TPSA) is 132 Å². The van der Waals surface area contributed by atoms with E-state index in [0.717, 1.165) is 18.4 Å². The minimum atomic E-state index is -0.398. The number of primary amides is 1. The highest BCUT2D eigenvalue weighted by molar-refractivity contribution is 6.00. The molecule has 4 N–H and O–H groups in total. The molecule has 0 radical (unpaired) electrons. The monoisotopic (exact) mass is 499 g/mol. The van der Waals surface area contributed by atoms with Gasteiger partial charge in [-0.05, 0) is 50.8 Å². The van der Waals surface area contributed by atoms with E-state index in [-0.39, 0.29) is 35.4 Å². The average Bonchev–Trinajstić information content (AvgIpc) is 3.42. The normalized spacial score (nSPS) is 20.9. The van der Waals surface area contributed by atoms with E-state index in [0.29, 0.717) is 46.6 Å². The molecule has 0 spiro atoms. The van der Waals surface area contributed by atoms with Gasteiger partial charge >= 0.3 is 6.03 Å². The van der Waals surface area contributed by atoms with Crippen LogP contribution in [0, 0.1) is 5.82 Å². The molecule has 4 aromatic rings. The van der Waals surface area contributed by atoms with Crippen molar-refractivity contribution in [2.24, 2.45) is 5.73 Å². The number of Topliss-reactive ketones (excluding diaryl/α,β-unsaturated/α-hetero) is 1. The molecular weight excluding hydrogens is 473 g/mol. The summed E-state index contributed by atoms with van der Waals surface area (Å²) >= 11 is 0. The van der Waals surface area contributed by atoms with Gasteiger partial charge in [-0.3, -0.25) is 9.78 Å². The third-order valence-corrected chi connectivity index (χ3v) is 7.66. The van der Waals surface area contributed by atoms with Crippen LogP contribution in [0.1, 0.15) is 54.6 Å². The van der Waals surface area contributed by atoms with Gasteiger partial charge in [0.15, 0.2) is 11.4 Å². The lowest BCUT2D eigenvalue weighted by Crippen LogP contribution is -2.48. The number of benzene rings is 1. The molecule has 2 saturated heterocycles. The van der Waals surface area contributed by atoms with Crippen molar-refractivity contribution >= 4 is 23.3 Å². The quantitative estimate of drug-likeness (QED) is 0.405. The van der Waals surface area contributed by atoms with Crippen molar-refractivity contribution in [1.29, 1.82) is 0 Å². The van der Waals surface area contributed by atoms with Gasteiger partial charge in [0, 0.05) is 40.9 Å². The minimum absolute atomic E-state index is 0.0276. The first kappa shape index (κ1) is 23.1. The van der Waals surface area contributed by atoms with Crippen LogP contribution in [-0.4, -0.2) is 48.4 Å². The highest BCUT2D eigenvalue weighted by atomic mass is 19.1. The molecule has 3 aromatic heterocycles. The summed E-state index contributed by atoms with van der Waals surface area (Å²) in [4.78, 5) is 35.9. The number of nitrogens with zero attached hydrogens (tertiary/aromatic N) is 5. The number of urea groups is 1. The Labute approximate surface area is 212 Å². The van der Waals surface area contributed by atoms with Crippen LogP contribution in [0.15, 0.2) is 48.8 Å². The maximum Gasteiger partial charge on any atom is 0.315 e. The van der Waals surface area contributed by atoms with Crippen LogP contribution in [0.5, 0.6) is 0 Å². The average molecular weight is 500 g/mol. The van der Waals surface area contributed by atoms with Crippen LogP contribution in [0.3, 0.4) is 0 Å². The number of aromatic nitrogens is 4. The number of ketones is 1. The summed E-state index contributed by atoms with van der Waals surface area (Å²) in [6.45, 7) is 1.48. The lowest BCUT2D eigenvalue weighted by molar-refractivity contribution is 0.101. The first-order valence-electron chi connectivity index (χ1n) is 12.3. The Hall–Kier alpha value is -4.34. The molecule has 37 heavy (non-hydrogen) atoms. The zero-order valence-electron chi connectivity index (χ0n) is 20.3. The number of carbonyl (C=O) groups is 2. The van der Waals surface area contributed by atoms with E-state index in [2.05, 4.69) is 10.1 Å². The summed E-state index contributed by atoms with van der Waals surface area (Å²) in [7, 11) is 0. The second-order valence-corrected chi connectivity index (χ2v) is 9.82. The second kappa shape index (κ2) is 8.65.